The first-order chi connectivity index (χ1) is 18.3. The molecule has 7 nitrogen and oxygen atoms in total. The number of rotatable bonds is 12. The molecule has 200 valence electrons. The van der Waals surface area contributed by atoms with E-state index in [0.717, 1.165) is 22.3 Å². The molecule has 1 aromatic heterocycles. The number of fused-ring (bicyclic) bond motifs is 1. The van der Waals surface area contributed by atoms with Crippen molar-refractivity contribution in [1.29, 1.82) is 0 Å². The number of halogens is 1. The minimum Gasteiger partial charge on any atom is -0.497 e. The molecule has 4 rings (SSSR count). The van der Waals surface area contributed by atoms with Crippen molar-refractivity contribution in [3.05, 3.63) is 90.4 Å². The summed E-state index contributed by atoms with van der Waals surface area (Å²) in [5.74, 6) is 0.947. The van der Waals surface area contributed by atoms with Crippen molar-refractivity contribution in [1.82, 2.24) is 9.29 Å². The van der Waals surface area contributed by atoms with Crippen molar-refractivity contribution >= 4 is 26.6 Å². The van der Waals surface area contributed by atoms with Crippen molar-refractivity contribution in [2.45, 2.75) is 37.2 Å². The summed E-state index contributed by atoms with van der Waals surface area (Å²) in [7, 11) is -0.632. The van der Waals surface area contributed by atoms with Gasteiger partial charge in [-0.25, -0.2) is 12.8 Å². The Morgan fingerprint density at radius 3 is 2.37 bits per heavy atom. The minimum absolute atomic E-state index is 0.0451. The third-order valence-corrected chi connectivity index (χ3v) is 8.19. The smallest absolute Gasteiger partial charge is 0.243 e. The number of aromatic nitrogens is 1. The Morgan fingerprint density at radius 1 is 0.974 bits per heavy atom. The van der Waals surface area contributed by atoms with E-state index in [2.05, 4.69) is 17.2 Å². The zero-order valence-electron chi connectivity index (χ0n) is 21.7. The Balaban J connectivity index is 1.48. The van der Waals surface area contributed by atoms with E-state index >= 15 is 0 Å². The van der Waals surface area contributed by atoms with Crippen LogP contribution >= 0.6 is 0 Å². The summed E-state index contributed by atoms with van der Waals surface area (Å²) in [5.41, 5.74) is 2.42. The summed E-state index contributed by atoms with van der Waals surface area (Å²) in [6.45, 7) is 2.49. The Morgan fingerprint density at radius 2 is 1.68 bits per heavy atom. The van der Waals surface area contributed by atoms with Crippen LogP contribution in [0, 0.1) is 5.82 Å². The van der Waals surface area contributed by atoms with Gasteiger partial charge < -0.3 is 14.8 Å². The summed E-state index contributed by atoms with van der Waals surface area (Å²) in [6.07, 6.45) is 3.08. The van der Waals surface area contributed by atoms with E-state index in [0.29, 0.717) is 30.7 Å². The molecule has 38 heavy (non-hydrogen) atoms. The maximum atomic E-state index is 13.6. The molecule has 0 saturated carbocycles. The number of benzene rings is 3. The molecule has 0 spiro atoms. The van der Waals surface area contributed by atoms with E-state index in [1.807, 2.05) is 24.3 Å². The average molecular weight is 538 g/mol. The maximum absolute atomic E-state index is 13.6. The van der Waals surface area contributed by atoms with Crippen LogP contribution in [-0.2, 0) is 16.6 Å². The van der Waals surface area contributed by atoms with Gasteiger partial charge >= 0.3 is 0 Å². The molecule has 0 saturated heterocycles. The summed E-state index contributed by atoms with van der Waals surface area (Å²) in [5, 5.41) is 4.48. The summed E-state index contributed by atoms with van der Waals surface area (Å²) < 4.78 is 52.6. The Labute approximate surface area is 223 Å². The number of ether oxygens (including phenoxy) is 2. The van der Waals surface area contributed by atoms with Crippen LogP contribution in [-0.4, -0.2) is 44.5 Å². The predicted octanol–water partition coefficient (Wildman–Crippen LogP) is 5.86. The Kier molecular flexibility index (Phi) is 8.81. The van der Waals surface area contributed by atoms with Gasteiger partial charge in [0.15, 0.2) is 0 Å². The number of hydrogen-bond donors (Lipinski definition) is 1. The first-order valence-corrected chi connectivity index (χ1v) is 13.8. The monoisotopic (exact) mass is 537 g/mol. The van der Waals surface area contributed by atoms with Gasteiger partial charge in [0.05, 0.1) is 30.3 Å². The normalized spacial score (nSPS) is 12.4. The van der Waals surface area contributed by atoms with Crippen LogP contribution in [0.2, 0.25) is 0 Å². The highest BCUT2D eigenvalue weighted by Gasteiger charge is 2.25. The van der Waals surface area contributed by atoms with Crippen LogP contribution in [0.4, 0.5) is 10.1 Å². The van der Waals surface area contributed by atoms with E-state index in [9.17, 15) is 12.8 Å². The van der Waals surface area contributed by atoms with Crippen molar-refractivity contribution < 1.29 is 22.3 Å². The lowest BCUT2D eigenvalue weighted by molar-refractivity contribution is 0.391. The molecule has 1 atom stereocenters. The number of methoxy groups -OCH3 is 2. The van der Waals surface area contributed by atoms with Gasteiger partial charge in [-0.05, 0) is 73.9 Å². The predicted molar refractivity (Wildman–Crippen MR) is 148 cm³/mol. The second-order valence-electron chi connectivity index (χ2n) is 9.08. The van der Waals surface area contributed by atoms with Crippen molar-refractivity contribution in [3.63, 3.8) is 0 Å². The number of hydrogen-bond acceptors (Lipinski definition) is 6. The standard InChI is InChI=1S/C29H32FN3O4S/c1-21(32-28-19-26(37-3)18-23-7-4-16-31-29(23)28)6-5-17-33(20-22-8-10-24(30)11-9-22)38(34,35)27-14-12-25(36-2)13-15-27/h4,7-16,18-19,21,32H,5-6,17,20H2,1-3H3. The Bertz CT molecular complexity index is 1460. The molecule has 0 aliphatic rings. The van der Waals surface area contributed by atoms with Crippen molar-refractivity contribution in [2.24, 2.45) is 0 Å². The summed E-state index contributed by atoms with van der Waals surface area (Å²) in [4.78, 5) is 4.69. The van der Waals surface area contributed by atoms with Gasteiger partial charge in [0.2, 0.25) is 10.0 Å². The minimum atomic E-state index is -3.79. The van der Waals surface area contributed by atoms with Gasteiger partial charge in [0.1, 0.15) is 17.3 Å². The number of nitrogens with zero attached hydrogens (tertiary/aromatic N) is 2. The number of nitrogens with one attached hydrogen (secondary N) is 1. The summed E-state index contributed by atoms with van der Waals surface area (Å²) in [6, 6.07) is 20.0. The zero-order valence-corrected chi connectivity index (χ0v) is 22.5. The number of pyridine rings is 1. The van der Waals surface area contributed by atoms with Gasteiger partial charge in [-0.3, -0.25) is 4.98 Å². The number of sulfonamides is 1. The molecule has 0 aliphatic heterocycles. The molecular weight excluding hydrogens is 505 g/mol. The molecule has 0 aliphatic carbocycles. The van der Waals surface area contributed by atoms with Crippen LogP contribution < -0.4 is 14.8 Å². The molecular formula is C29H32FN3O4S. The third-order valence-electron chi connectivity index (χ3n) is 6.33. The molecule has 0 bridgehead atoms. The molecule has 0 fully saturated rings. The van der Waals surface area contributed by atoms with Crippen LogP contribution in [0.25, 0.3) is 10.9 Å². The van der Waals surface area contributed by atoms with Crippen LogP contribution in [0.3, 0.4) is 0 Å². The molecule has 4 aromatic rings. The van der Waals surface area contributed by atoms with E-state index in [1.54, 1.807) is 37.6 Å². The maximum Gasteiger partial charge on any atom is 0.243 e. The quantitative estimate of drug-likeness (QED) is 0.244. The number of anilines is 1. The van der Waals surface area contributed by atoms with Crippen molar-refractivity contribution in [3.8, 4) is 11.5 Å². The molecule has 3 aromatic carbocycles. The first kappa shape index (κ1) is 27.3. The summed E-state index contributed by atoms with van der Waals surface area (Å²) >= 11 is 0. The molecule has 1 N–H and O–H groups in total. The van der Waals surface area contributed by atoms with Crippen LogP contribution in [0.5, 0.6) is 11.5 Å². The lowest BCUT2D eigenvalue weighted by Crippen LogP contribution is -2.32. The second-order valence-corrected chi connectivity index (χ2v) is 11.0. The van der Waals surface area contributed by atoms with Gasteiger partial charge in [-0.2, -0.15) is 4.31 Å². The fraction of sp³-hybridized carbons (Fsp3) is 0.276. The van der Waals surface area contributed by atoms with E-state index in [4.69, 9.17) is 9.47 Å². The molecule has 0 amide bonds. The highest BCUT2D eigenvalue weighted by atomic mass is 32.2. The molecule has 0 radical (unpaired) electrons. The third kappa shape index (κ3) is 6.59. The van der Waals surface area contributed by atoms with E-state index in [-0.39, 0.29) is 23.3 Å². The highest BCUT2D eigenvalue weighted by molar-refractivity contribution is 7.89. The van der Waals surface area contributed by atoms with Crippen molar-refractivity contribution in [2.75, 3.05) is 26.1 Å². The topological polar surface area (TPSA) is 80.8 Å². The molecule has 9 heteroatoms. The Hall–Kier alpha value is -3.69. The van der Waals surface area contributed by atoms with E-state index in [1.165, 1.54) is 35.7 Å². The lowest BCUT2D eigenvalue weighted by atomic mass is 10.1. The molecule has 1 heterocycles. The molecule has 1 unspecified atom stereocenters. The van der Waals surface area contributed by atoms with Gasteiger partial charge in [0, 0.05) is 36.8 Å². The van der Waals surface area contributed by atoms with Gasteiger partial charge in [0.25, 0.3) is 0 Å². The highest BCUT2D eigenvalue weighted by Crippen LogP contribution is 2.29. The van der Waals surface area contributed by atoms with Gasteiger partial charge in [-0.1, -0.05) is 18.2 Å². The fourth-order valence-corrected chi connectivity index (χ4v) is 5.75. The van der Waals surface area contributed by atoms with Crippen LogP contribution in [0.15, 0.2) is 83.9 Å². The SMILES string of the molecule is COc1ccc(S(=O)(=O)N(CCCC(C)Nc2cc(OC)cc3cccnc23)Cc2ccc(F)cc2)cc1. The van der Waals surface area contributed by atoms with E-state index < -0.39 is 10.0 Å². The average Bonchev–Trinajstić information content (AvgIpc) is 2.93. The first-order valence-electron chi connectivity index (χ1n) is 12.4. The zero-order chi connectivity index (χ0) is 27.1. The second kappa shape index (κ2) is 12.2. The largest absolute Gasteiger partial charge is 0.497 e. The van der Waals surface area contributed by atoms with Crippen LogP contribution in [0.1, 0.15) is 25.3 Å². The van der Waals surface area contributed by atoms with Gasteiger partial charge in [-0.15, -0.1) is 0 Å². The lowest BCUT2D eigenvalue weighted by Gasteiger charge is -2.24. The fourth-order valence-electron chi connectivity index (χ4n) is 4.28.